The number of esters is 1. The van der Waals surface area contributed by atoms with E-state index in [1.165, 1.54) is 250 Å². The molecule has 3 N–H and O–H groups in total. The number of hydrogen-bond donors (Lipinski definition) is 3. The highest BCUT2D eigenvalue weighted by Crippen LogP contribution is 2.18. The lowest BCUT2D eigenvalue weighted by Gasteiger charge is -2.22. The largest absolute Gasteiger partial charge is 0.466 e. The number of hydrogen-bond acceptors (Lipinski definition) is 5. The third-order valence-electron chi connectivity index (χ3n) is 14.1. The number of aliphatic hydroxyl groups excluding tert-OH is 2. The van der Waals surface area contributed by atoms with Crippen LogP contribution in [-0.2, 0) is 14.3 Å². The second kappa shape index (κ2) is 56.2. The number of carbonyl (C=O) groups excluding carboxylic acids is 2. The average Bonchev–Trinajstić information content (AvgIpc) is 3.32. The van der Waals surface area contributed by atoms with Crippen LogP contribution >= 0.6 is 0 Å². The maximum atomic E-state index is 12.5. The van der Waals surface area contributed by atoms with Crippen molar-refractivity contribution in [2.75, 3.05) is 13.2 Å². The van der Waals surface area contributed by atoms with E-state index in [4.69, 9.17) is 4.74 Å². The summed E-state index contributed by atoms with van der Waals surface area (Å²) in [6, 6.07) is -0.550. The van der Waals surface area contributed by atoms with Gasteiger partial charge in [0.2, 0.25) is 5.91 Å². The van der Waals surface area contributed by atoms with Gasteiger partial charge in [0.25, 0.3) is 0 Å². The van der Waals surface area contributed by atoms with Crippen molar-refractivity contribution in [2.45, 2.75) is 347 Å². The molecule has 0 heterocycles. The summed E-state index contributed by atoms with van der Waals surface area (Å²) in [7, 11) is 0. The standard InChI is InChI=1S/C60H117NO5/c1-3-5-7-9-11-13-15-17-19-21-25-28-32-36-40-44-48-52-58(63)57(56-62)61-59(64)53-49-45-41-37-33-29-26-22-20-23-27-31-35-39-43-47-51-55-66-60(65)54-50-46-42-38-34-30-24-18-16-14-12-10-8-6-4-2/h20,23,57-58,62-63H,3-19,21-22,24-56H2,1-2H3,(H,61,64)/b23-20-. The van der Waals surface area contributed by atoms with Crippen molar-refractivity contribution in [2.24, 2.45) is 0 Å². The zero-order chi connectivity index (χ0) is 47.9. The molecule has 0 aliphatic heterocycles. The molecule has 0 aromatic rings. The topological polar surface area (TPSA) is 95.9 Å². The van der Waals surface area contributed by atoms with E-state index in [2.05, 4.69) is 31.3 Å². The van der Waals surface area contributed by atoms with Gasteiger partial charge in [-0.25, -0.2) is 0 Å². The average molecular weight is 933 g/mol. The Morgan fingerprint density at radius 1 is 0.409 bits per heavy atom. The molecule has 2 atom stereocenters. The first-order valence-corrected chi connectivity index (χ1v) is 29.9. The van der Waals surface area contributed by atoms with Crippen LogP contribution in [0, 0.1) is 0 Å². The summed E-state index contributed by atoms with van der Waals surface area (Å²) in [5.74, 6) is -0.0423. The molecule has 66 heavy (non-hydrogen) atoms. The Balaban J connectivity index is 3.44. The first kappa shape index (κ1) is 64.6. The van der Waals surface area contributed by atoms with Crippen LogP contribution in [0.15, 0.2) is 12.2 Å². The van der Waals surface area contributed by atoms with Gasteiger partial charge in [-0.1, -0.05) is 283 Å². The second-order valence-corrected chi connectivity index (χ2v) is 20.7. The molecule has 6 nitrogen and oxygen atoms in total. The number of allylic oxidation sites excluding steroid dienone is 2. The van der Waals surface area contributed by atoms with E-state index in [9.17, 15) is 19.8 Å². The third-order valence-corrected chi connectivity index (χ3v) is 14.1. The zero-order valence-corrected chi connectivity index (χ0v) is 44.7. The molecule has 0 saturated carbocycles. The minimum absolute atomic E-state index is 0.00184. The molecule has 2 unspecified atom stereocenters. The van der Waals surface area contributed by atoms with Crippen molar-refractivity contribution in [1.29, 1.82) is 0 Å². The summed E-state index contributed by atoms with van der Waals surface area (Å²) in [4.78, 5) is 24.5. The quantitative estimate of drug-likeness (QED) is 0.0321. The maximum Gasteiger partial charge on any atom is 0.305 e. The summed E-state index contributed by atoms with van der Waals surface area (Å²) < 4.78 is 5.48. The highest BCUT2D eigenvalue weighted by Gasteiger charge is 2.20. The molecule has 0 aliphatic rings. The number of unbranched alkanes of at least 4 members (excludes halogenated alkanes) is 43. The van der Waals surface area contributed by atoms with E-state index in [1.807, 2.05) is 0 Å². The molecule has 0 saturated heterocycles. The predicted molar refractivity (Wildman–Crippen MR) is 287 cm³/mol. The molecule has 0 aromatic carbocycles. The summed E-state index contributed by atoms with van der Waals surface area (Å²) >= 11 is 0. The van der Waals surface area contributed by atoms with Crippen LogP contribution in [0.3, 0.4) is 0 Å². The molecular formula is C60H117NO5. The van der Waals surface area contributed by atoms with Crippen molar-refractivity contribution < 1.29 is 24.5 Å². The van der Waals surface area contributed by atoms with Gasteiger partial charge in [-0.05, 0) is 51.4 Å². The fourth-order valence-electron chi connectivity index (χ4n) is 9.46. The molecule has 392 valence electrons. The van der Waals surface area contributed by atoms with E-state index in [0.29, 0.717) is 25.9 Å². The van der Waals surface area contributed by atoms with Crippen molar-refractivity contribution in [3.63, 3.8) is 0 Å². The lowest BCUT2D eigenvalue weighted by Crippen LogP contribution is -2.45. The van der Waals surface area contributed by atoms with Crippen LogP contribution in [0.25, 0.3) is 0 Å². The lowest BCUT2D eigenvalue weighted by molar-refractivity contribution is -0.143. The van der Waals surface area contributed by atoms with Gasteiger partial charge in [0.1, 0.15) is 0 Å². The molecule has 0 bridgehead atoms. The molecule has 0 aromatic heterocycles. The zero-order valence-electron chi connectivity index (χ0n) is 44.7. The molecular weight excluding hydrogens is 815 g/mol. The molecule has 0 radical (unpaired) electrons. The molecule has 0 fully saturated rings. The predicted octanol–water partition coefficient (Wildman–Crippen LogP) is 18.5. The number of amides is 1. The Labute approximate surface area is 412 Å². The first-order chi connectivity index (χ1) is 32.5. The van der Waals surface area contributed by atoms with E-state index in [-0.39, 0.29) is 18.5 Å². The minimum atomic E-state index is -0.671. The van der Waals surface area contributed by atoms with Gasteiger partial charge in [0.15, 0.2) is 0 Å². The number of rotatable bonds is 56. The SMILES string of the molecule is CCCCCCCCCCCCCCCCCCCC(O)C(CO)NC(=O)CCCCCCCCC/C=C\CCCCCCCCOC(=O)CCCCCCCCCCCCCCCCC. The summed E-state index contributed by atoms with van der Waals surface area (Å²) in [5.41, 5.74) is 0. The molecule has 6 heteroatoms. The lowest BCUT2D eigenvalue weighted by atomic mass is 10.0. The number of carbonyl (C=O) groups is 2. The van der Waals surface area contributed by atoms with Gasteiger partial charge in [-0.3, -0.25) is 9.59 Å². The van der Waals surface area contributed by atoms with E-state index >= 15 is 0 Å². The van der Waals surface area contributed by atoms with Crippen LogP contribution < -0.4 is 5.32 Å². The Bertz CT molecular complexity index is 986. The highest BCUT2D eigenvalue weighted by molar-refractivity contribution is 5.76. The smallest absolute Gasteiger partial charge is 0.305 e. The fourth-order valence-corrected chi connectivity index (χ4v) is 9.46. The van der Waals surface area contributed by atoms with Gasteiger partial charge in [-0.2, -0.15) is 0 Å². The summed E-state index contributed by atoms with van der Waals surface area (Å²) in [5, 5.41) is 23.3. The first-order valence-electron chi connectivity index (χ1n) is 29.9. The van der Waals surface area contributed by atoms with E-state index in [0.717, 1.165) is 51.4 Å². The van der Waals surface area contributed by atoms with E-state index < -0.39 is 12.1 Å². The molecule has 1 amide bonds. The summed E-state index contributed by atoms with van der Waals surface area (Å²) in [6.45, 7) is 4.96. The fraction of sp³-hybridized carbons (Fsp3) is 0.933. The number of aliphatic hydroxyl groups is 2. The van der Waals surface area contributed by atoms with Gasteiger partial charge in [-0.15, -0.1) is 0 Å². The van der Waals surface area contributed by atoms with Crippen LogP contribution in [-0.4, -0.2) is 47.4 Å². The number of ether oxygens (including phenoxy) is 1. The van der Waals surface area contributed by atoms with Crippen molar-refractivity contribution >= 4 is 11.9 Å². The second-order valence-electron chi connectivity index (χ2n) is 20.7. The minimum Gasteiger partial charge on any atom is -0.466 e. The number of nitrogens with one attached hydrogen (secondary N) is 1. The van der Waals surface area contributed by atoms with Crippen molar-refractivity contribution in [3.8, 4) is 0 Å². The van der Waals surface area contributed by atoms with Crippen LogP contribution in [0.5, 0.6) is 0 Å². The Kier molecular flexibility index (Phi) is 55.0. The normalized spacial score (nSPS) is 12.6. The van der Waals surface area contributed by atoms with Crippen LogP contribution in [0.4, 0.5) is 0 Å². The van der Waals surface area contributed by atoms with Gasteiger partial charge < -0.3 is 20.3 Å². The third kappa shape index (κ3) is 52.0. The van der Waals surface area contributed by atoms with Crippen LogP contribution in [0.2, 0.25) is 0 Å². The molecule has 0 aliphatic carbocycles. The monoisotopic (exact) mass is 932 g/mol. The van der Waals surface area contributed by atoms with Gasteiger partial charge in [0, 0.05) is 12.8 Å². The Hall–Kier alpha value is -1.40. The van der Waals surface area contributed by atoms with Crippen LogP contribution in [0.1, 0.15) is 335 Å². The van der Waals surface area contributed by atoms with Gasteiger partial charge in [0.05, 0.1) is 25.4 Å². The van der Waals surface area contributed by atoms with E-state index in [1.54, 1.807) is 0 Å². The molecule has 0 rings (SSSR count). The Morgan fingerprint density at radius 2 is 0.712 bits per heavy atom. The van der Waals surface area contributed by atoms with Crippen molar-refractivity contribution in [3.05, 3.63) is 12.2 Å². The van der Waals surface area contributed by atoms with Gasteiger partial charge >= 0.3 is 5.97 Å². The van der Waals surface area contributed by atoms with Crippen molar-refractivity contribution in [1.82, 2.24) is 5.32 Å². The Morgan fingerprint density at radius 3 is 1.08 bits per heavy atom. The summed E-state index contributed by atoms with van der Waals surface area (Å²) in [6.07, 6.45) is 66.3. The maximum absolute atomic E-state index is 12.5. The molecule has 0 spiro atoms. The highest BCUT2D eigenvalue weighted by atomic mass is 16.5.